The molecule has 0 aliphatic heterocycles. The van der Waals surface area contributed by atoms with Crippen molar-refractivity contribution in [3.63, 3.8) is 0 Å². The highest BCUT2D eigenvalue weighted by atomic mass is 16.8. The Balaban J connectivity index is 1.48. The van der Waals surface area contributed by atoms with Gasteiger partial charge in [-0.1, -0.05) is 82.1 Å². The molecule has 0 bridgehead atoms. The van der Waals surface area contributed by atoms with Crippen molar-refractivity contribution in [3.8, 4) is 22.5 Å². The van der Waals surface area contributed by atoms with Crippen molar-refractivity contribution in [2.75, 3.05) is 0 Å². The smallest absolute Gasteiger partial charge is 0.431 e. The number of benzene rings is 2. The minimum atomic E-state index is -1.16. The number of nitrogens with zero attached hydrogens (tertiary/aromatic N) is 4. The molecule has 0 saturated heterocycles. The van der Waals surface area contributed by atoms with Gasteiger partial charge in [0.05, 0.1) is 0 Å². The molecule has 1 saturated carbocycles. The zero-order valence-electron chi connectivity index (χ0n) is 26.0. The van der Waals surface area contributed by atoms with Crippen LogP contribution in [-0.4, -0.2) is 62.0 Å². The Morgan fingerprint density at radius 3 is 2.30 bits per heavy atom. The minimum absolute atomic E-state index is 0.140. The number of tetrazole rings is 1. The minimum Gasteiger partial charge on any atom is -0.431 e. The highest BCUT2D eigenvalue weighted by Gasteiger charge is 2.35. The van der Waals surface area contributed by atoms with E-state index in [1.54, 1.807) is 4.90 Å². The number of hydrogen-bond donors (Lipinski definition) is 1. The molecule has 4 rings (SSSR count). The van der Waals surface area contributed by atoms with Gasteiger partial charge < -0.3 is 19.1 Å². The van der Waals surface area contributed by atoms with Gasteiger partial charge in [0.15, 0.2) is 0 Å². The van der Waals surface area contributed by atoms with Crippen molar-refractivity contribution in [1.82, 2.24) is 25.5 Å². The molecule has 1 aromatic heterocycles. The summed E-state index contributed by atoms with van der Waals surface area (Å²) < 4.78 is 16.2. The van der Waals surface area contributed by atoms with E-state index in [4.69, 9.17) is 14.2 Å². The van der Waals surface area contributed by atoms with Gasteiger partial charge in [0, 0.05) is 25.5 Å². The average Bonchev–Trinajstić information content (AvgIpc) is 3.55. The first-order valence-electron chi connectivity index (χ1n) is 15.6. The number of amides is 1. The summed E-state index contributed by atoms with van der Waals surface area (Å²) in [5.74, 6) is -0.528. The number of esters is 1. The van der Waals surface area contributed by atoms with Gasteiger partial charge >= 0.3 is 12.1 Å². The molecule has 1 aliphatic rings. The van der Waals surface area contributed by atoms with Crippen molar-refractivity contribution < 1.29 is 28.6 Å². The first-order valence-corrected chi connectivity index (χ1v) is 15.6. The van der Waals surface area contributed by atoms with Crippen molar-refractivity contribution in [3.05, 3.63) is 54.1 Å². The van der Waals surface area contributed by atoms with Crippen molar-refractivity contribution in [2.45, 2.75) is 104 Å². The van der Waals surface area contributed by atoms with Crippen LogP contribution in [-0.2, 0) is 30.3 Å². The van der Waals surface area contributed by atoms with Crippen molar-refractivity contribution >= 4 is 18.0 Å². The molecule has 236 valence electrons. The number of H-pyrrole nitrogens is 1. The molecule has 0 radical (unpaired) electrons. The monoisotopic (exact) mass is 605 g/mol. The number of rotatable bonds is 13. The summed E-state index contributed by atoms with van der Waals surface area (Å²) in [5, 5.41) is 14.4. The van der Waals surface area contributed by atoms with Gasteiger partial charge in [0.2, 0.25) is 18.0 Å². The third kappa shape index (κ3) is 8.87. The Labute approximate surface area is 258 Å². The first-order chi connectivity index (χ1) is 21.3. The van der Waals surface area contributed by atoms with Crippen LogP contribution in [0.4, 0.5) is 4.79 Å². The molecule has 1 amide bonds. The zero-order valence-corrected chi connectivity index (χ0v) is 26.0. The maximum absolute atomic E-state index is 13.5. The summed E-state index contributed by atoms with van der Waals surface area (Å²) in [5.41, 5.74) is 3.58. The van der Waals surface area contributed by atoms with E-state index in [9.17, 15) is 14.4 Å². The summed E-state index contributed by atoms with van der Waals surface area (Å²) in [6.45, 7) is 7.44. The molecule has 0 spiro atoms. The molecule has 11 heteroatoms. The maximum Gasteiger partial charge on any atom is 0.511 e. The van der Waals surface area contributed by atoms with Gasteiger partial charge in [-0.2, -0.15) is 5.21 Å². The second kappa shape index (κ2) is 16.0. The number of ether oxygens (including phenoxy) is 3. The average molecular weight is 606 g/mol. The Hall–Kier alpha value is -4.28. The summed E-state index contributed by atoms with van der Waals surface area (Å²) >= 11 is 0. The molecule has 11 nitrogen and oxygen atoms in total. The van der Waals surface area contributed by atoms with Crippen LogP contribution in [0.2, 0.25) is 0 Å². The quantitative estimate of drug-likeness (QED) is 0.172. The lowest BCUT2D eigenvalue weighted by Gasteiger charge is -2.33. The molecule has 1 unspecified atom stereocenters. The number of aromatic nitrogens is 4. The van der Waals surface area contributed by atoms with E-state index in [1.807, 2.05) is 69.3 Å². The van der Waals surface area contributed by atoms with Gasteiger partial charge in [-0.3, -0.25) is 4.79 Å². The standard InChI is InChI=1S/C33H43N5O6/c1-5-6-16-29(39)38(30(22(2)3)32(40)42-23(4)43-33(41)44-26-12-8-7-9-13-26)21-24-17-19-25(20-18-24)27-14-10-11-15-28(27)31-34-36-37-35-31/h10-11,14-15,17-20,22-23,26,30H,5-9,12-13,16,21H2,1-4H3,(H,34,35,36,37)/t23?,30-/m0/s1. The molecule has 1 heterocycles. The molecule has 1 fully saturated rings. The molecule has 2 aromatic carbocycles. The van der Waals surface area contributed by atoms with Gasteiger partial charge in [-0.05, 0) is 59.9 Å². The number of nitrogens with one attached hydrogen (secondary N) is 1. The lowest BCUT2D eigenvalue weighted by Crippen LogP contribution is -2.49. The fourth-order valence-electron chi connectivity index (χ4n) is 5.50. The second-order valence-corrected chi connectivity index (χ2v) is 11.5. The Morgan fingerprint density at radius 2 is 1.66 bits per heavy atom. The number of unbranched alkanes of at least 4 members (excludes halogenated alkanes) is 1. The van der Waals surface area contributed by atoms with Crippen LogP contribution in [0, 0.1) is 5.92 Å². The fourth-order valence-corrected chi connectivity index (χ4v) is 5.50. The lowest BCUT2D eigenvalue weighted by atomic mass is 9.97. The highest BCUT2D eigenvalue weighted by molar-refractivity contribution is 5.85. The second-order valence-electron chi connectivity index (χ2n) is 11.5. The maximum atomic E-state index is 13.5. The van der Waals surface area contributed by atoms with Crippen molar-refractivity contribution in [1.29, 1.82) is 0 Å². The van der Waals surface area contributed by atoms with Crippen molar-refractivity contribution in [2.24, 2.45) is 5.92 Å². The van der Waals surface area contributed by atoms with Crippen LogP contribution < -0.4 is 0 Å². The fraction of sp³-hybridized carbons (Fsp3) is 0.515. The van der Waals surface area contributed by atoms with Crippen LogP contribution in [0.5, 0.6) is 0 Å². The summed E-state index contributed by atoms with van der Waals surface area (Å²) in [7, 11) is 0. The third-order valence-corrected chi connectivity index (χ3v) is 7.76. The molecule has 44 heavy (non-hydrogen) atoms. The topological polar surface area (TPSA) is 137 Å². The first kappa shape index (κ1) is 32.6. The van der Waals surface area contributed by atoms with E-state index in [0.29, 0.717) is 18.7 Å². The van der Waals surface area contributed by atoms with Crippen LogP contribution >= 0.6 is 0 Å². The Morgan fingerprint density at radius 1 is 0.955 bits per heavy atom. The molecular formula is C33H43N5O6. The van der Waals surface area contributed by atoms with E-state index in [0.717, 1.165) is 60.8 Å². The van der Waals surface area contributed by atoms with Gasteiger partial charge in [-0.25, -0.2) is 9.59 Å². The van der Waals surface area contributed by atoms with Crippen LogP contribution in [0.15, 0.2) is 48.5 Å². The number of aromatic amines is 1. The van der Waals surface area contributed by atoms with Gasteiger partial charge in [0.1, 0.15) is 12.1 Å². The molecular weight excluding hydrogens is 562 g/mol. The SMILES string of the molecule is CCCCC(=O)N(Cc1ccc(-c2ccccc2-c2nn[nH]n2)cc1)[C@H](C(=O)OC(C)OC(=O)OC1CCCCC1)C(C)C. The molecule has 2 atom stereocenters. The van der Waals surface area contributed by atoms with E-state index in [2.05, 4.69) is 20.6 Å². The molecule has 1 aliphatic carbocycles. The summed E-state index contributed by atoms with van der Waals surface area (Å²) in [6.07, 6.45) is 4.43. The molecule has 3 aromatic rings. The van der Waals surface area contributed by atoms with Crippen LogP contribution in [0.3, 0.4) is 0 Å². The van der Waals surface area contributed by atoms with E-state index >= 15 is 0 Å². The number of hydrogen-bond acceptors (Lipinski definition) is 9. The molecule has 1 N–H and O–H groups in total. The van der Waals surface area contributed by atoms with Gasteiger partial charge in [0.25, 0.3) is 0 Å². The number of carbonyl (C=O) groups excluding carboxylic acids is 3. The van der Waals surface area contributed by atoms with E-state index in [-0.39, 0.29) is 24.5 Å². The summed E-state index contributed by atoms with van der Waals surface area (Å²) in [6, 6.07) is 14.7. The number of carbonyl (C=O) groups is 3. The normalized spacial score (nSPS) is 14.9. The van der Waals surface area contributed by atoms with Crippen LogP contribution in [0.1, 0.15) is 84.6 Å². The zero-order chi connectivity index (χ0) is 31.5. The van der Waals surface area contributed by atoms with E-state index in [1.165, 1.54) is 6.92 Å². The predicted molar refractivity (Wildman–Crippen MR) is 164 cm³/mol. The van der Waals surface area contributed by atoms with E-state index < -0.39 is 24.5 Å². The van der Waals surface area contributed by atoms with Crippen LogP contribution in [0.25, 0.3) is 22.5 Å². The lowest BCUT2D eigenvalue weighted by molar-refractivity contribution is -0.179. The van der Waals surface area contributed by atoms with Gasteiger partial charge in [-0.15, -0.1) is 10.2 Å². The third-order valence-electron chi connectivity index (χ3n) is 7.76. The summed E-state index contributed by atoms with van der Waals surface area (Å²) in [4.78, 5) is 40.9. The highest BCUT2D eigenvalue weighted by Crippen LogP contribution is 2.30. The Bertz CT molecular complexity index is 1360. The largest absolute Gasteiger partial charge is 0.511 e. The Kier molecular flexibility index (Phi) is 11.8. The predicted octanol–water partition coefficient (Wildman–Crippen LogP) is 6.45.